The quantitative estimate of drug-likeness (QED) is 0.373. The van der Waals surface area contributed by atoms with Crippen molar-refractivity contribution in [2.45, 2.75) is 19.5 Å². The molecule has 98 valence electrons. The summed E-state index contributed by atoms with van der Waals surface area (Å²) < 4.78 is 4.21. The molecule has 0 aliphatic carbocycles. The molecular formula is C14H18N4O+2. The van der Waals surface area contributed by atoms with Gasteiger partial charge in [-0.25, -0.2) is 0 Å². The van der Waals surface area contributed by atoms with E-state index < -0.39 is 0 Å². The van der Waals surface area contributed by atoms with E-state index in [1.165, 1.54) is 6.21 Å². The van der Waals surface area contributed by atoms with E-state index in [-0.39, 0.29) is 6.17 Å². The van der Waals surface area contributed by atoms with Crippen LogP contribution in [0, 0.1) is 0 Å². The molecular weight excluding hydrogens is 240 g/mol. The molecule has 0 saturated heterocycles. The maximum absolute atomic E-state index is 8.50. The summed E-state index contributed by atoms with van der Waals surface area (Å²) in [6, 6.07) is 7.58. The van der Waals surface area contributed by atoms with Crippen LogP contribution in [-0.4, -0.2) is 11.4 Å². The predicted octanol–water partition coefficient (Wildman–Crippen LogP) is 1.11. The fraction of sp³-hybridized carbons (Fsp3) is 0.214. The van der Waals surface area contributed by atoms with E-state index >= 15 is 0 Å². The van der Waals surface area contributed by atoms with Crippen LogP contribution in [0.25, 0.3) is 0 Å². The maximum atomic E-state index is 8.50. The average Bonchev–Trinajstić information content (AvgIpc) is 2.44. The van der Waals surface area contributed by atoms with Crippen molar-refractivity contribution >= 4 is 11.9 Å². The van der Waals surface area contributed by atoms with Gasteiger partial charge in [0.25, 0.3) is 0 Å². The molecule has 2 rings (SSSR count). The minimum atomic E-state index is 0.195. The number of pyridine rings is 2. The zero-order valence-electron chi connectivity index (χ0n) is 10.8. The molecule has 3 N–H and O–H groups in total. The molecule has 5 nitrogen and oxygen atoms in total. The molecule has 2 aromatic heterocycles. The summed E-state index contributed by atoms with van der Waals surface area (Å²) in [7, 11) is 0. The first-order valence-electron chi connectivity index (χ1n) is 6.19. The highest BCUT2D eigenvalue weighted by atomic mass is 16.4. The zero-order chi connectivity index (χ0) is 13.7. The van der Waals surface area contributed by atoms with Crippen molar-refractivity contribution in [3.8, 4) is 0 Å². The third kappa shape index (κ3) is 3.07. The highest BCUT2D eigenvalue weighted by Gasteiger charge is 2.24. The summed E-state index contributed by atoms with van der Waals surface area (Å²) >= 11 is 0. The summed E-state index contributed by atoms with van der Waals surface area (Å²) in [5.41, 5.74) is 7.31. The average molecular weight is 258 g/mol. The number of oxime groups is 1. The minimum Gasteiger partial charge on any atom is -0.411 e. The first-order chi connectivity index (χ1) is 9.24. The summed E-state index contributed by atoms with van der Waals surface area (Å²) in [5, 5.41) is 11.5. The van der Waals surface area contributed by atoms with Crippen molar-refractivity contribution in [3.63, 3.8) is 0 Å². The predicted molar refractivity (Wildman–Crippen MR) is 71.8 cm³/mol. The first-order valence-corrected chi connectivity index (χ1v) is 6.19. The van der Waals surface area contributed by atoms with Gasteiger partial charge >= 0.3 is 6.17 Å². The van der Waals surface area contributed by atoms with Crippen molar-refractivity contribution in [3.05, 3.63) is 54.6 Å². The van der Waals surface area contributed by atoms with E-state index in [4.69, 9.17) is 10.9 Å². The molecule has 5 heteroatoms. The van der Waals surface area contributed by atoms with Crippen molar-refractivity contribution in [1.29, 1.82) is 0 Å². The second-order valence-corrected chi connectivity index (χ2v) is 4.29. The Morgan fingerprint density at radius 3 is 2.16 bits per heavy atom. The lowest BCUT2D eigenvalue weighted by Gasteiger charge is -2.06. The highest BCUT2D eigenvalue weighted by molar-refractivity contribution is 5.78. The standard InChI is InChI=1S/C14H16N4O/c1-2-14(18-9-5-13(15)6-10-18)17-7-3-12(4-8-17)11-16-19/h3-11,14-15H,2H2,1H3/p+2. The van der Waals surface area contributed by atoms with Gasteiger partial charge in [0.1, 0.15) is 0 Å². The minimum absolute atomic E-state index is 0.195. The SMILES string of the molecule is CCC([n+]1ccc(N)cc1)[n+]1ccc(/C=N\O)cc1. The molecule has 2 aromatic rings. The van der Waals surface area contributed by atoms with Crippen molar-refractivity contribution in [2.75, 3.05) is 5.73 Å². The van der Waals surface area contributed by atoms with Crippen molar-refractivity contribution < 1.29 is 14.3 Å². The topological polar surface area (TPSA) is 66.4 Å². The molecule has 0 fully saturated rings. The number of nitrogens with two attached hydrogens (primary N) is 1. The first kappa shape index (κ1) is 13.0. The van der Waals surface area contributed by atoms with Crippen molar-refractivity contribution in [2.24, 2.45) is 5.16 Å². The van der Waals surface area contributed by atoms with E-state index in [0.717, 1.165) is 17.7 Å². The molecule has 0 aliphatic rings. The Morgan fingerprint density at radius 1 is 1.16 bits per heavy atom. The number of rotatable bonds is 4. The summed E-state index contributed by atoms with van der Waals surface area (Å²) in [6.45, 7) is 2.13. The Morgan fingerprint density at radius 2 is 1.68 bits per heavy atom. The largest absolute Gasteiger partial charge is 0.411 e. The van der Waals surface area contributed by atoms with E-state index in [1.54, 1.807) is 0 Å². The fourth-order valence-corrected chi connectivity index (χ4v) is 2.02. The molecule has 0 aliphatic heterocycles. The van der Waals surface area contributed by atoms with Gasteiger partial charge in [-0.1, -0.05) is 12.1 Å². The Balaban J connectivity index is 2.28. The summed E-state index contributed by atoms with van der Waals surface area (Å²) in [4.78, 5) is 0. The Hall–Kier alpha value is -2.43. The lowest BCUT2D eigenvalue weighted by Crippen LogP contribution is -2.56. The monoisotopic (exact) mass is 258 g/mol. The van der Waals surface area contributed by atoms with Crippen LogP contribution < -0.4 is 14.9 Å². The van der Waals surface area contributed by atoms with Gasteiger partial charge in [-0.2, -0.15) is 0 Å². The van der Waals surface area contributed by atoms with Gasteiger partial charge in [-0.3, -0.25) is 0 Å². The molecule has 0 bridgehead atoms. The smallest absolute Gasteiger partial charge is 0.351 e. The van der Waals surface area contributed by atoms with E-state index in [1.807, 2.05) is 49.1 Å². The van der Waals surface area contributed by atoms with Crippen LogP contribution in [0.2, 0.25) is 0 Å². The van der Waals surface area contributed by atoms with Gasteiger partial charge in [0.2, 0.25) is 0 Å². The van der Waals surface area contributed by atoms with Gasteiger partial charge in [0.05, 0.1) is 12.6 Å². The van der Waals surface area contributed by atoms with Gasteiger partial charge < -0.3 is 10.9 Å². The van der Waals surface area contributed by atoms with Gasteiger partial charge in [-0.05, 0) is 0 Å². The fourth-order valence-electron chi connectivity index (χ4n) is 2.02. The van der Waals surface area contributed by atoms with Crippen LogP contribution >= 0.6 is 0 Å². The number of hydrogen-bond acceptors (Lipinski definition) is 3. The second kappa shape index (κ2) is 5.95. The lowest BCUT2D eigenvalue weighted by molar-refractivity contribution is -0.945. The van der Waals surface area contributed by atoms with Gasteiger partial charge in [-0.15, -0.1) is 9.13 Å². The van der Waals surface area contributed by atoms with Crippen LogP contribution in [-0.2, 0) is 0 Å². The second-order valence-electron chi connectivity index (χ2n) is 4.29. The van der Waals surface area contributed by atoms with Crippen LogP contribution in [0.15, 0.2) is 54.2 Å². The maximum Gasteiger partial charge on any atom is 0.351 e. The van der Waals surface area contributed by atoms with Gasteiger partial charge in [0.15, 0.2) is 24.8 Å². The summed E-state index contributed by atoms with van der Waals surface area (Å²) in [5.74, 6) is 0. The van der Waals surface area contributed by atoms with Crippen LogP contribution in [0.1, 0.15) is 25.1 Å². The molecule has 0 saturated carbocycles. The van der Waals surface area contributed by atoms with E-state index in [0.29, 0.717) is 0 Å². The molecule has 0 radical (unpaired) electrons. The van der Waals surface area contributed by atoms with Crippen LogP contribution in [0.3, 0.4) is 0 Å². The number of hydrogen-bond donors (Lipinski definition) is 2. The molecule has 19 heavy (non-hydrogen) atoms. The molecule has 2 heterocycles. The van der Waals surface area contributed by atoms with Crippen LogP contribution in [0.5, 0.6) is 0 Å². The molecule has 0 aromatic carbocycles. The van der Waals surface area contributed by atoms with Gasteiger partial charge in [0, 0.05) is 35.5 Å². The van der Waals surface area contributed by atoms with Crippen LogP contribution in [0.4, 0.5) is 5.69 Å². The normalized spacial score (nSPS) is 12.7. The van der Waals surface area contributed by atoms with E-state index in [9.17, 15) is 0 Å². The zero-order valence-corrected chi connectivity index (χ0v) is 10.8. The number of nitrogen functional groups attached to an aromatic ring is 1. The highest BCUT2D eigenvalue weighted by Crippen LogP contribution is 2.01. The molecule has 0 spiro atoms. The molecule has 1 atom stereocenters. The Kier molecular flexibility index (Phi) is 4.07. The van der Waals surface area contributed by atoms with Crippen molar-refractivity contribution in [1.82, 2.24) is 0 Å². The number of nitrogens with zero attached hydrogens (tertiary/aromatic N) is 3. The Bertz CT molecular complexity index is 549. The lowest BCUT2D eigenvalue weighted by atomic mass is 10.2. The third-order valence-corrected chi connectivity index (χ3v) is 3.02. The molecule has 1 unspecified atom stereocenters. The number of aromatic nitrogens is 2. The third-order valence-electron chi connectivity index (χ3n) is 3.02. The number of anilines is 1. The van der Waals surface area contributed by atoms with E-state index in [2.05, 4.69) is 21.2 Å². The Labute approximate surface area is 112 Å². The molecule has 0 amide bonds. The summed E-state index contributed by atoms with van der Waals surface area (Å²) in [6.07, 6.45) is 10.4.